The summed E-state index contributed by atoms with van der Waals surface area (Å²) in [6, 6.07) is 10.8. The molecule has 116 valence electrons. The Bertz CT molecular complexity index is 420. The van der Waals surface area contributed by atoms with Gasteiger partial charge in [-0.2, -0.15) is 0 Å². The van der Waals surface area contributed by atoms with Gasteiger partial charge >= 0.3 is 0 Å². The first kappa shape index (κ1) is 15.0. The third kappa shape index (κ3) is 3.65. The van der Waals surface area contributed by atoms with Crippen molar-refractivity contribution in [3.8, 4) is 0 Å². The first-order valence-electron chi connectivity index (χ1n) is 8.34. The Labute approximate surface area is 127 Å². The minimum atomic E-state index is -0.0861. The number of hydrogen-bond acceptors (Lipinski definition) is 3. The third-order valence-corrected chi connectivity index (χ3v) is 5.25. The summed E-state index contributed by atoms with van der Waals surface area (Å²) in [7, 11) is 0. The van der Waals surface area contributed by atoms with Gasteiger partial charge in [0.05, 0.1) is 12.7 Å². The van der Waals surface area contributed by atoms with Crippen molar-refractivity contribution in [2.24, 2.45) is 0 Å². The van der Waals surface area contributed by atoms with Gasteiger partial charge in [-0.3, -0.25) is 0 Å². The highest BCUT2D eigenvalue weighted by molar-refractivity contribution is 5.20. The molecule has 1 saturated heterocycles. The Morgan fingerprint density at radius 2 is 1.90 bits per heavy atom. The maximum Gasteiger partial charge on any atom is 0.0700 e. The lowest BCUT2D eigenvalue weighted by molar-refractivity contribution is 0.0718. The predicted octanol–water partition coefficient (Wildman–Crippen LogP) is 2.84. The van der Waals surface area contributed by atoms with E-state index in [0.29, 0.717) is 12.0 Å². The highest BCUT2D eigenvalue weighted by Gasteiger charge is 2.35. The Balaban J connectivity index is 1.54. The summed E-state index contributed by atoms with van der Waals surface area (Å²) in [4.78, 5) is 0. The van der Waals surface area contributed by atoms with Crippen molar-refractivity contribution in [1.82, 2.24) is 5.32 Å². The van der Waals surface area contributed by atoms with Crippen molar-refractivity contribution in [3.05, 3.63) is 35.9 Å². The van der Waals surface area contributed by atoms with Gasteiger partial charge in [0.2, 0.25) is 0 Å². The molecule has 1 aromatic rings. The number of hydrogen-bond donors (Lipinski definition) is 2. The number of rotatable bonds is 5. The molecular formula is C18H27NO2. The number of benzene rings is 1. The minimum absolute atomic E-state index is 0.0861. The van der Waals surface area contributed by atoms with Crippen molar-refractivity contribution in [3.63, 3.8) is 0 Å². The molecule has 0 spiro atoms. The zero-order valence-corrected chi connectivity index (χ0v) is 12.8. The Morgan fingerprint density at radius 3 is 2.52 bits per heavy atom. The zero-order chi connectivity index (χ0) is 14.5. The van der Waals surface area contributed by atoms with Gasteiger partial charge in [-0.05, 0) is 50.0 Å². The van der Waals surface area contributed by atoms with Crippen molar-refractivity contribution in [2.45, 2.75) is 56.1 Å². The van der Waals surface area contributed by atoms with Gasteiger partial charge < -0.3 is 15.2 Å². The van der Waals surface area contributed by atoms with Crippen LogP contribution in [0.4, 0.5) is 0 Å². The second kappa shape index (κ2) is 6.91. The molecule has 1 heterocycles. The van der Waals surface area contributed by atoms with E-state index in [4.69, 9.17) is 4.74 Å². The van der Waals surface area contributed by atoms with E-state index in [1.54, 1.807) is 0 Å². The van der Waals surface area contributed by atoms with Crippen LogP contribution in [0, 0.1) is 0 Å². The van der Waals surface area contributed by atoms with Crippen molar-refractivity contribution in [2.75, 3.05) is 19.8 Å². The van der Waals surface area contributed by atoms with E-state index in [0.717, 1.165) is 45.3 Å². The second-order valence-corrected chi connectivity index (χ2v) is 6.64. The zero-order valence-electron chi connectivity index (χ0n) is 12.8. The van der Waals surface area contributed by atoms with Crippen molar-refractivity contribution < 1.29 is 9.84 Å². The van der Waals surface area contributed by atoms with Crippen LogP contribution < -0.4 is 5.32 Å². The Hall–Kier alpha value is -0.900. The van der Waals surface area contributed by atoms with Gasteiger partial charge in [0.1, 0.15) is 0 Å². The first-order chi connectivity index (χ1) is 10.3. The fourth-order valence-corrected chi connectivity index (χ4v) is 3.76. The summed E-state index contributed by atoms with van der Waals surface area (Å²) < 4.78 is 5.68. The number of aliphatic hydroxyl groups excluding tert-OH is 1. The molecule has 1 unspecified atom stereocenters. The van der Waals surface area contributed by atoms with Gasteiger partial charge in [-0.1, -0.05) is 30.3 Å². The summed E-state index contributed by atoms with van der Waals surface area (Å²) in [5, 5.41) is 13.5. The molecule has 3 heteroatoms. The maximum absolute atomic E-state index is 9.87. The standard InChI is InChI=1S/C18H27NO2/c20-14-18(19-13-17-7-4-12-21-17)10-8-16(9-11-18)15-5-2-1-3-6-15/h1-3,5-6,16-17,19-20H,4,7-14H2. The fourth-order valence-electron chi connectivity index (χ4n) is 3.76. The largest absolute Gasteiger partial charge is 0.394 e. The molecule has 1 aromatic carbocycles. The molecule has 0 bridgehead atoms. The van der Waals surface area contributed by atoms with Crippen LogP contribution in [-0.4, -0.2) is 36.5 Å². The van der Waals surface area contributed by atoms with E-state index >= 15 is 0 Å². The summed E-state index contributed by atoms with van der Waals surface area (Å²) >= 11 is 0. The van der Waals surface area contributed by atoms with E-state index in [2.05, 4.69) is 35.6 Å². The van der Waals surface area contributed by atoms with E-state index < -0.39 is 0 Å². The molecule has 2 aliphatic rings. The quantitative estimate of drug-likeness (QED) is 0.876. The van der Waals surface area contributed by atoms with Crippen LogP contribution >= 0.6 is 0 Å². The average Bonchev–Trinajstić information content (AvgIpc) is 3.08. The van der Waals surface area contributed by atoms with Gasteiger partial charge in [0.15, 0.2) is 0 Å². The molecule has 3 rings (SSSR count). The van der Waals surface area contributed by atoms with E-state index in [-0.39, 0.29) is 12.1 Å². The molecule has 1 aliphatic heterocycles. The lowest BCUT2D eigenvalue weighted by Gasteiger charge is -2.40. The molecule has 1 saturated carbocycles. The minimum Gasteiger partial charge on any atom is -0.394 e. The maximum atomic E-state index is 9.87. The van der Waals surface area contributed by atoms with Gasteiger partial charge in [-0.25, -0.2) is 0 Å². The second-order valence-electron chi connectivity index (χ2n) is 6.64. The molecule has 1 aliphatic carbocycles. The topological polar surface area (TPSA) is 41.5 Å². The summed E-state index contributed by atoms with van der Waals surface area (Å²) in [5.41, 5.74) is 1.36. The molecule has 2 N–H and O–H groups in total. The lowest BCUT2D eigenvalue weighted by Crippen LogP contribution is -2.52. The van der Waals surface area contributed by atoms with Crippen molar-refractivity contribution >= 4 is 0 Å². The van der Waals surface area contributed by atoms with Crippen LogP contribution in [0.25, 0.3) is 0 Å². The molecule has 2 fully saturated rings. The molecular weight excluding hydrogens is 262 g/mol. The molecule has 0 amide bonds. The highest BCUT2D eigenvalue weighted by atomic mass is 16.5. The Morgan fingerprint density at radius 1 is 1.14 bits per heavy atom. The summed E-state index contributed by atoms with van der Waals surface area (Å²) in [6.45, 7) is 2.02. The lowest BCUT2D eigenvalue weighted by atomic mass is 9.74. The predicted molar refractivity (Wildman–Crippen MR) is 84.4 cm³/mol. The van der Waals surface area contributed by atoms with Gasteiger partial charge in [-0.15, -0.1) is 0 Å². The van der Waals surface area contributed by atoms with E-state index in [1.807, 2.05) is 0 Å². The average molecular weight is 289 g/mol. The van der Waals surface area contributed by atoms with Gasteiger partial charge in [0.25, 0.3) is 0 Å². The SMILES string of the molecule is OCC1(NCC2CCCO2)CCC(c2ccccc2)CC1. The normalized spacial score (nSPS) is 33.2. The molecule has 21 heavy (non-hydrogen) atoms. The van der Waals surface area contributed by atoms with Crippen molar-refractivity contribution in [1.29, 1.82) is 0 Å². The van der Waals surface area contributed by atoms with Crippen LogP contribution in [0.15, 0.2) is 30.3 Å². The molecule has 0 aromatic heterocycles. The van der Waals surface area contributed by atoms with Crippen LogP contribution in [0.1, 0.15) is 50.0 Å². The van der Waals surface area contributed by atoms with Crippen LogP contribution in [-0.2, 0) is 4.74 Å². The molecule has 0 radical (unpaired) electrons. The third-order valence-electron chi connectivity index (χ3n) is 5.25. The molecule has 3 nitrogen and oxygen atoms in total. The fraction of sp³-hybridized carbons (Fsp3) is 0.667. The summed E-state index contributed by atoms with van der Waals surface area (Å²) in [6.07, 6.45) is 7.09. The smallest absolute Gasteiger partial charge is 0.0700 e. The van der Waals surface area contributed by atoms with Crippen LogP contribution in [0.2, 0.25) is 0 Å². The number of aliphatic hydroxyl groups is 1. The first-order valence-corrected chi connectivity index (χ1v) is 8.34. The van der Waals surface area contributed by atoms with E-state index in [9.17, 15) is 5.11 Å². The highest BCUT2D eigenvalue weighted by Crippen LogP contribution is 2.37. The summed E-state index contributed by atoms with van der Waals surface area (Å²) in [5.74, 6) is 0.649. The monoisotopic (exact) mass is 289 g/mol. The van der Waals surface area contributed by atoms with Gasteiger partial charge in [0, 0.05) is 18.7 Å². The van der Waals surface area contributed by atoms with Crippen LogP contribution in [0.5, 0.6) is 0 Å². The number of nitrogens with one attached hydrogen (secondary N) is 1. The van der Waals surface area contributed by atoms with Crippen LogP contribution in [0.3, 0.4) is 0 Å². The Kier molecular flexibility index (Phi) is 4.94. The van der Waals surface area contributed by atoms with E-state index in [1.165, 1.54) is 12.0 Å². The number of ether oxygens (including phenoxy) is 1. The molecule has 1 atom stereocenters.